The van der Waals surface area contributed by atoms with E-state index in [2.05, 4.69) is 0 Å². The third-order valence-corrected chi connectivity index (χ3v) is 4.55. The molecule has 0 heterocycles. The van der Waals surface area contributed by atoms with Crippen LogP contribution in [-0.4, -0.2) is 41.4 Å². The van der Waals surface area contributed by atoms with Crippen LogP contribution in [0.5, 0.6) is 0 Å². The highest BCUT2D eigenvalue weighted by atomic mass is 32.2. The molecule has 1 aromatic rings. The number of amides is 1. The van der Waals surface area contributed by atoms with Crippen LogP contribution in [0.3, 0.4) is 0 Å². The molecule has 0 radical (unpaired) electrons. The quantitative estimate of drug-likeness (QED) is 0.862. The minimum atomic E-state index is -0.682. The molecule has 0 unspecified atom stereocenters. The van der Waals surface area contributed by atoms with Gasteiger partial charge in [0.25, 0.3) is 5.91 Å². The Hall–Kier alpha value is -1.00. The number of carbonyl (C=O) groups excluding carboxylic acids is 1. The van der Waals surface area contributed by atoms with Crippen molar-refractivity contribution < 1.29 is 9.90 Å². The fraction of sp³-hybridized carbons (Fsp3) is 0.533. The van der Waals surface area contributed by atoms with Gasteiger partial charge in [0.2, 0.25) is 0 Å². The summed E-state index contributed by atoms with van der Waals surface area (Å²) in [6, 6.07) is 7.62. The molecular formula is C15H21NO2S. The minimum absolute atomic E-state index is 0.00900. The van der Waals surface area contributed by atoms with Crippen LogP contribution in [0.4, 0.5) is 0 Å². The Morgan fingerprint density at radius 2 is 2.00 bits per heavy atom. The highest BCUT2D eigenvalue weighted by Gasteiger charge is 2.33. The summed E-state index contributed by atoms with van der Waals surface area (Å²) < 4.78 is 0. The number of rotatable bonds is 4. The lowest BCUT2D eigenvalue weighted by Gasteiger charge is -2.29. The topological polar surface area (TPSA) is 40.5 Å². The SMILES string of the molecule is CSc1ccccc1C(=O)N(C)CC1(O)CCCC1. The average Bonchev–Trinajstić information content (AvgIpc) is 2.84. The second-order valence-electron chi connectivity index (χ2n) is 5.29. The highest BCUT2D eigenvalue weighted by molar-refractivity contribution is 7.98. The van der Waals surface area contributed by atoms with Crippen LogP contribution in [0, 0.1) is 0 Å². The van der Waals surface area contributed by atoms with Gasteiger partial charge in [-0.05, 0) is 31.2 Å². The molecule has 1 N–H and O–H groups in total. The molecule has 0 spiro atoms. The molecule has 2 rings (SSSR count). The maximum Gasteiger partial charge on any atom is 0.254 e. The maximum atomic E-state index is 12.5. The minimum Gasteiger partial charge on any atom is -0.388 e. The van der Waals surface area contributed by atoms with Crippen molar-refractivity contribution >= 4 is 17.7 Å². The standard InChI is InChI=1S/C15H21NO2S/c1-16(11-15(18)9-5-6-10-15)14(17)12-7-3-4-8-13(12)19-2/h3-4,7-8,18H,5-6,9-11H2,1-2H3. The number of thioether (sulfide) groups is 1. The Kier molecular flexibility index (Phi) is 4.53. The predicted octanol–water partition coefficient (Wildman–Crippen LogP) is 2.79. The summed E-state index contributed by atoms with van der Waals surface area (Å²) in [6.45, 7) is 0.425. The number of nitrogens with zero attached hydrogens (tertiary/aromatic N) is 1. The molecule has 4 heteroatoms. The van der Waals surface area contributed by atoms with Crippen LogP contribution in [-0.2, 0) is 0 Å². The van der Waals surface area contributed by atoms with E-state index < -0.39 is 5.60 Å². The largest absolute Gasteiger partial charge is 0.388 e. The van der Waals surface area contributed by atoms with E-state index in [0.29, 0.717) is 6.54 Å². The molecule has 0 saturated heterocycles. The van der Waals surface area contributed by atoms with Gasteiger partial charge in [0, 0.05) is 18.5 Å². The first-order chi connectivity index (χ1) is 9.06. The van der Waals surface area contributed by atoms with Crippen LogP contribution < -0.4 is 0 Å². The molecule has 1 aliphatic rings. The van der Waals surface area contributed by atoms with Crippen molar-refractivity contribution in [1.82, 2.24) is 4.90 Å². The van der Waals surface area contributed by atoms with E-state index in [1.54, 1.807) is 23.7 Å². The highest BCUT2D eigenvalue weighted by Crippen LogP contribution is 2.30. The van der Waals surface area contributed by atoms with E-state index in [0.717, 1.165) is 36.1 Å². The zero-order valence-electron chi connectivity index (χ0n) is 11.6. The van der Waals surface area contributed by atoms with E-state index in [1.807, 2.05) is 30.5 Å². The monoisotopic (exact) mass is 279 g/mol. The van der Waals surface area contributed by atoms with Crippen molar-refractivity contribution in [3.05, 3.63) is 29.8 Å². The van der Waals surface area contributed by atoms with Crippen molar-refractivity contribution in [3.8, 4) is 0 Å². The molecular weight excluding hydrogens is 258 g/mol. The van der Waals surface area contributed by atoms with Crippen LogP contribution in [0.2, 0.25) is 0 Å². The van der Waals surface area contributed by atoms with Crippen molar-refractivity contribution in [3.63, 3.8) is 0 Å². The number of likely N-dealkylation sites (N-methyl/N-ethyl adjacent to an activating group) is 1. The van der Waals surface area contributed by atoms with Gasteiger partial charge >= 0.3 is 0 Å². The molecule has 1 aliphatic carbocycles. The number of benzene rings is 1. The van der Waals surface area contributed by atoms with Gasteiger partial charge < -0.3 is 10.0 Å². The second kappa shape index (κ2) is 5.97. The Morgan fingerprint density at radius 1 is 1.37 bits per heavy atom. The number of hydrogen-bond donors (Lipinski definition) is 1. The zero-order valence-corrected chi connectivity index (χ0v) is 12.4. The summed E-state index contributed by atoms with van der Waals surface area (Å²) >= 11 is 1.57. The average molecular weight is 279 g/mol. The summed E-state index contributed by atoms with van der Waals surface area (Å²) in [4.78, 5) is 15.1. The molecule has 1 amide bonds. The van der Waals surface area contributed by atoms with Gasteiger partial charge in [0.15, 0.2) is 0 Å². The van der Waals surface area contributed by atoms with Gasteiger partial charge in [0.1, 0.15) is 0 Å². The van der Waals surface area contributed by atoms with Crippen LogP contribution >= 0.6 is 11.8 Å². The summed E-state index contributed by atoms with van der Waals surface area (Å²) in [5.74, 6) is -0.00900. The first-order valence-corrected chi connectivity index (χ1v) is 7.89. The van der Waals surface area contributed by atoms with Gasteiger partial charge in [-0.2, -0.15) is 0 Å². The van der Waals surface area contributed by atoms with Crippen LogP contribution in [0.15, 0.2) is 29.2 Å². The van der Waals surface area contributed by atoms with Crippen LogP contribution in [0.25, 0.3) is 0 Å². The molecule has 0 bridgehead atoms. The van der Waals surface area contributed by atoms with Crippen molar-refractivity contribution in [2.24, 2.45) is 0 Å². The van der Waals surface area contributed by atoms with E-state index in [9.17, 15) is 9.90 Å². The lowest BCUT2D eigenvalue weighted by atomic mass is 10.0. The smallest absolute Gasteiger partial charge is 0.254 e. The van der Waals surface area contributed by atoms with Gasteiger partial charge in [-0.15, -0.1) is 11.8 Å². The molecule has 0 atom stereocenters. The van der Waals surface area contributed by atoms with Gasteiger partial charge in [-0.25, -0.2) is 0 Å². The van der Waals surface area contributed by atoms with E-state index in [-0.39, 0.29) is 5.91 Å². The summed E-state index contributed by atoms with van der Waals surface area (Å²) in [5.41, 5.74) is 0.0396. The lowest BCUT2D eigenvalue weighted by molar-refractivity contribution is 0.0155. The summed E-state index contributed by atoms with van der Waals surface area (Å²) in [6.07, 6.45) is 5.68. The predicted molar refractivity (Wildman–Crippen MR) is 78.6 cm³/mol. The van der Waals surface area contributed by atoms with Crippen molar-refractivity contribution in [2.45, 2.75) is 36.2 Å². The number of aliphatic hydroxyl groups is 1. The van der Waals surface area contributed by atoms with E-state index >= 15 is 0 Å². The lowest BCUT2D eigenvalue weighted by Crippen LogP contribution is -2.42. The molecule has 3 nitrogen and oxygen atoms in total. The molecule has 19 heavy (non-hydrogen) atoms. The Bertz CT molecular complexity index is 455. The van der Waals surface area contributed by atoms with Gasteiger partial charge in [-0.3, -0.25) is 4.79 Å². The molecule has 1 fully saturated rings. The summed E-state index contributed by atoms with van der Waals surface area (Å²) in [5, 5.41) is 10.4. The molecule has 1 aromatic carbocycles. The number of carbonyl (C=O) groups is 1. The zero-order chi connectivity index (χ0) is 13.9. The fourth-order valence-corrected chi connectivity index (χ4v) is 3.32. The molecule has 0 aromatic heterocycles. The fourth-order valence-electron chi connectivity index (χ4n) is 2.73. The third-order valence-electron chi connectivity index (χ3n) is 3.75. The third kappa shape index (κ3) is 3.31. The Balaban J connectivity index is 2.10. The first-order valence-electron chi connectivity index (χ1n) is 6.67. The van der Waals surface area contributed by atoms with Crippen molar-refractivity contribution in [1.29, 1.82) is 0 Å². The maximum absolute atomic E-state index is 12.5. The Labute approximate surface area is 119 Å². The van der Waals surface area contributed by atoms with E-state index in [1.165, 1.54) is 0 Å². The molecule has 0 aliphatic heterocycles. The van der Waals surface area contributed by atoms with E-state index in [4.69, 9.17) is 0 Å². The van der Waals surface area contributed by atoms with Crippen LogP contribution in [0.1, 0.15) is 36.0 Å². The van der Waals surface area contributed by atoms with Crippen molar-refractivity contribution in [2.75, 3.05) is 19.8 Å². The normalized spacial score (nSPS) is 17.4. The second-order valence-corrected chi connectivity index (χ2v) is 6.14. The van der Waals surface area contributed by atoms with Gasteiger partial charge in [-0.1, -0.05) is 25.0 Å². The molecule has 1 saturated carbocycles. The first kappa shape index (κ1) is 14.4. The molecule has 104 valence electrons. The Morgan fingerprint density at radius 3 is 2.63 bits per heavy atom. The summed E-state index contributed by atoms with van der Waals surface area (Å²) in [7, 11) is 1.77. The number of hydrogen-bond acceptors (Lipinski definition) is 3. The van der Waals surface area contributed by atoms with Gasteiger partial charge in [0.05, 0.1) is 11.2 Å².